The third-order valence-corrected chi connectivity index (χ3v) is 3.16. The topological polar surface area (TPSA) is 73.4 Å². The van der Waals surface area contributed by atoms with Crippen molar-refractivity contribution in [3.05, 3.63) is 57.0 Å². The van der Waals surface area contributed by atoms with Gasteiger partial charge in [-0.05, 0) is 44.0 Å². The molecule has 0 spiro atoms. The predicted octanol–water partition coefficient (Wildman–Crippen LogP) is 3.43. The van der Waals surface area contributed by atoms with Gasteiger partial charge in [0.05, 0.1) is 11.1 Å². The van der Waals surface area contributed by atoms with Crippen LogP contribution < -0.4 is 0 Å². The molecule has 0 fully saturated rings. The fourth-order valence-corrected chi connectivity index (χ4v) is 1.54. The number of halogens is 2. The quantitative estimate of drug-likeness (QED) is 0.716. The molecule has 0 amide bonds. The maximum absolute atomic E-state index is 8.40. The second-order valence-electron chi connectivity index (χ2n) is 2.93. The summed E-state index contributed by atoms with van der Waals surface area (Å²) in [5, 5.41) is 16.8. The first-order chi connectivity index (χ1) is 8.69. The largest absolute Gasteiger partial charge is 0.263 e. The highest BCUT2D eigenvalue weighted by Gasteiger charge is 1.93. The minimum atomic E-state index is 0.567. The van der Waals surface area contributed by atoms with E-state index in [0.29, 0.717) is 11.1 Å². The lowest BCUT2D eigenvalue weighted by Gasteiger charge is -1.88. The van der Waals surface area contributed by atoms with Crippen molar-refractivity contribution in [2.75, 3.05) is 0 Å². The van der Waals surface area contributed by atoms with Crippen LogP contribution in [0.5, 0.6) is 0 Å². The summed E-state index contributed by atoms with van der Waals surface area (Å²) in [7, 11) is 0. The van der Waals surface area contributed by atoms with Crippen LogP contribution in [0.1, 0.15) is 11.1 Å². The zero-order valence-corrected chi connectivity index (χ0v) is 12.2. The zero-order chi connectivity index (χ0) is 13.4. The standard InChI is InChI=1S/2C6H3BrN2/c2*7-6-1-2-9-4-5(6)3-8/h2*1-2,4H. The first-order valence-corrected chi connectivity index (χ1v) is 6.27. The smallest absolute Gasteiger partial charge is 0.102 e. The van der Waals surface area contributed by atoms with Gasteiger partial charge < -0.3 is 0 Å². The van der Waals surface area contributed by atoms with Crippen LogP contribution in [0.4, 0.5) is 0 Å². The molecule has 0 saturated carbocycles. The molecular weight excluding hydrogens is 360 g/mol. The number of nitriles is 2. The van der Waals surface area contributed by atoms with Crippen LogP contribution in [0.15, 0.2) is 45.9 Å². The Balaban J connectivity index is 0.000000180. The van der Waals surface area contributed by atoms with E-state index < -0.39 is 0 Å². The van der Waals surface area contributed by atoms with Gasteiger partial charge in [0.25, 0.3) is 0 Å². The van der Waals surface area contributed by atoms with E-state index in [9.17, 15) is 0 Å². The maximum atomic E-state index is 8.40. The van der Waals surface area contributed by atoms with E-state index >= 15 is 0 Å². The summed E-state index contributed by atoms with van der Waals surface area (Å²) in [5.74, 6) is 0. The van der Waals surface area contributed by atoms with E-state index in [0.717, 1.165) is 8.95 Å². The molecule has 6 heteroatoms. The van der Waals surface area contributed by atoms with Crippen molar-refractivity contribution in [2.45, 2.75) is 0 Å². The Bertz CT molecular complexity index is 558. The lowest BCUT2D eigenvalue weighted by molar-refractivity contribution is 1.29. The number of aromatic nitrogens is 2. The van der Waals surface area contributed by atoms with E-state index in [-0.39, 0.29) is 0 Å². The monoisotopic (exact) mass is 364 g/mol. The Hall–Kier alpha value is -1.76. The molecule has 18 heavy (non-hydrogen) atoms. The Kier molecular flexibility index (Phi) is 5.99. The van der Waals surface area contributed by atoms with Crippen molar-refractivity contribution in [1.82, 2.24) is 9.97 Å². The van der Waals surface area contributed by atoms with Crippen molar-refractivity contribution in [2.24, 2.45) is 0 Å². The molecule has 0 bridgehead atoms. The third-order valence-electron chi connectivity index (χ3n) is 1.78. The van der Waals surface area contributed by atoms with Gasteiger partial charge in [0.15, 0.2) is 0 Å². The van der Waals surface area contributed by atoms with Crippen LogP contribution in [-0.2, 0) is 0 Å². The van der Waals surface area contributed by atoms with Gasteiger partial charge >= 0.3 is 0 Å². The van der Waals surface area contributed by atoms with E-state index in [1.807, 2.05) is 12.1 Å². The number of hydrogen-bond donors (Lipinski definition) is 0. The van der Waals surface area contributed by atoms with Gasteiger partial charge in [-0.25, -0.2) is 0 Å². The number of hydrogen-bond acceptors (Lipinski definition) is 4. The van der Waals surface area contributed by atoms with Crippen molar-refractivity contribution in [3.8, 4) is 12.1 Å². The molecule has 0 unspecified atom stereocenters. The number of pyridine rings is 2. The van der Waals surface area contributed by atoms with Gasteiger partial charge in [-0.3, -0.25) is 9.97 Å². The van der Waals surface area contributed by atoms with Gasteiger partial charge in [-0.2, -0.15) is 10.5 Å². The van der Waals surface area contributed by atoms with Crippen LogP contribution in [0.3, 0.4) is 0 Å². The van der Waals surface area contributed by atoms with Gasteiger partial charge in [-0.15, -0.1) is 0 Å². The maximum Gasteiger partial charge on any atom is 0.102 e. The highest BCUT2D eigenvalue weighted by molar-refractivity contribution is 9.10. The SMILES string of the molecule is N#Cc1cnccc1Br.N#Cc1cnccc1Br. The first kappa shape index (κ1) is 14.3. The molecule has 4 nitrogen and oxygen atoms in total. The average Bonchev–Trinajstić information content (AvgIpc) is 2.41. The highest BCUT2D eigenvalue weighted by atomic mass is 79.9. The molecule has 2 aromatic heterocycles. The van der Waals surface area contributed by atoms with Gasteiger partial charge in [0.2, 0.25) is 0 Å². The number of rotatable bonds is 0. The molecule has 0 saturated heterocycles. The molecule has 0 radical (unpaired) electrons. The van der Waals surface area contributed by atoms with Crippen molar-refractivity contribution in [1.29, 1.82) is 10.5 Å². The Morgan fingerprint density at radius 1 is 0.833 bits per heavy atom. The third kappa shape index (κ3) is 4.25. The van der Waals surface area contributed by atoms with Crippen LogP contribution >= 0.6 is 31.9 Å². The molecule has 2 aromatic rings. The zero-order valence-electron chi connectivity index (χ0n) is 9.01. The second kappa shape index (κ2) is 7.54. The summed E-state index contributed by atoms with van der Waals surface area (Å²) in [4.78, 5) is 7.53. The molecule has 88 valence electrons. The average molecular weight is 366 g/mol. The Labute approximate surface area is 121 Å². The Morgan fingerprint density at radius 2 is 1.22 bits per heavy atom. The van der Waals surface area contributed by atoms with E-state index in [4.69, 9.17) is 10.5 Å². The first-order valence-electron chi connectivity index (χ1n) is 4.68. The summed E-state index contributed by atoms with van der Waals surface area (Å²) in [6.45, 7) is 0. The minimum absolute atomic E-state index is 0.567. The summed E-state index contributed by atoms with van der Waals surface area (Å²) in [6, 6.07) is 7.44. The summed E-state index contributed by atoms with van der Waals surface area (Å²) in [6.07, 6.45) is 6.30. The molecule has 0 aromatic carbocycles. The van der Waals surface area contributed by atoms with Crippen molar-refractivity contribution >= 4 is 31.9 Å². The molecule has 0 N–H and O–H groups in total. The molecule has 0 aliphatic rings. The lowest BCUT2D eigenvalue weighted by atomic mass is 10.3. The molecule has 0 aliphatic heterocycles. The van der Waals surface area contributed by atoms with E-state index in [1.165, 1.54) is 12.4 Å². The second-order valence-corrected chi connectivity index (χ2v) is 4.64. The van der Waals surface area contributed by atoms with E-state index in [2.05, 4.69) is 41.8 Å². The Morgan fingerprint density at radius 3 is 1.44 bits per heavy atom. The van der Waals surface area contributed by atoms with Crippen LogP contribution in [0, 0.1) is 22.7 Å². The number of nitrogens with zero attached hydrogens (tertiary/aromatic N) is 4. The van der Waals surface area contributed by atoms with Gasteiger partial charge in [0.1, 0.15) is 12.1 Å². The predicted molar refractivity (Wildman–Crippen MR) is 73.3 cm³/mol. The summed E-state index contributed by atoms with van der Waals surface area (Å²) < 4.78 is 1.58. The van der Waals surface area contributed by atoms with Crippen LogP contribution in [0.25, 0.3) is 0 Å². The molecule has 0 aliphatic carbocycles. The van der Waals surface area contributed by atoms with E-state index in [1.54, 1.807) is 24.5 Å². The normalized spacial score (nSPS) is 8.44. The summed E-state index contributed by atoms with van der Waals surface area (Å²) in [5.41, 5.74) is 1.13. The lowest BCUT2D eigenvalue weighted by Crippen LogP contribution is -1.76. The molecule has 2 rings (SSSR count). The fourth-order valence-electron chi connectivity index (χ4n) is 0.920. The van der Waals surface area contributed by atoms with Gasteiger partial charge in [0, 0.05) is 33.7 Å². The molecular formula is C12H6Br2N4. The van der Waals surface area contributed by atoms with Crippen molar-refractivity contribution < 1.29 is 0 Å². The van der Waals surface area contributed by atoms with Crippen LogP contribution in [0.2, 0.25) is 0 Å². The van der Waals surface area contributed by atoms with Gasteiger partial charge in [-0.1, -0.05) is 0 Å². The summed E-state index contributed by atoms with van der Waals surface area (Å²) >= 11 is 6.39. The molecule has 2 heterocycles. The highest BCUT2D eigenvalue weighted by Crippen LogP contribution is 2.12. The molecule has 0 atom stereocenters. The van der Waals surface area contributed by atoms with Crippen LogP contribution in [-0.4, -0.2) is 9.97 Å². The van der Waals surface area contributed by atoms with Crippen molar-refractivity contribution in [3.63, 3.8) is 0 Å². The minimum Gasteiger partial charge on any atom is -0.263 e. The fraction of sp³-hybridized carbons (Fsp3) is 0.